The first-order valence-corrected chi connectivity index (χ1v) is 7.58. The van der Waals surface area contributed by atoms with Crippen LogP contribution < -0.4 is 5.73 Å². The Morgan fingerprint density at radius 2 is 1.85 bits per heavy atom. The fourth-order valence-electron chi connectivity index (χ4n) is 3.14. The molecule has 1 aliphatic rings. The van der Waals surface area contributed by atoms with Gasteiger partial charge in [-0.2, -0.15) is 0 Å². The summed E-state index contributed by atoms with van der Waals surface area (Å²) in [6, 6.07) is 4.51. The number of rotatable bonds is 2. The topological polar surface area (TPSA) is 56.7 Å². The number of hydrogen-bond acceptors (Lipinski definition) is 3. The molecule has 0 bridgehead atoms. The van der Waals surface area contributed by atoms with E-state index in [-0.39, 0.29) is 0 Å². The molecular formula is C16H22N4. The standard InChI is InChI=1S/C16H22N4/c17-16-10-13(8-9-19-16)15-11-18-12-20(15)14-6-4-2-1-3-5-7-14/h8-12,14H,1-7H2,(H2,17,19). The first-order valence-electron chi connectivity index (χ1n) is 7.58. The van der Waals surface area contributed by atoms with E-state index in [9.17, 15) is 0 Å². The third kappa shape index (κ3) is 2.84. The van der Waals surface area contributed by atoms with Gasteiger partial charge in [0.1, 0.15) is 5.82 Å². The van der Waals surface area contributed by atoms with Crippen LogP contribution in [0, 0.1) is 0 Å². The second kappa shape index (κ2) is 6.07. The van der Waals surface area contributed by atoms with Gasteiger partial charge >= 0.3 is 0 Å². The molecule has 4 nitrogen and oxygen atoms in total. The summed E-state index contributed by atoms with van der Waals surface area (Å²) in [6.07, 6.45) is 14.9. The van der Waals surface area contributed by atoms with Gasteiger partial charge in [-0.1, -0.05) is 32.1 Å². The predicted octanol–water partition coefficient (Wildman–Crippen LogP) is 3.81. The van der Waals surface area contributed by atoms with E-state index in [4.69, 9.17) is 5.73 Å². The Morgan fingerprint density at radius 3 is 2.60 bits per heavy atom. The molecule has 106 valence electrons. The summed E-state index contributed by atoms with van der Waals surface area (Å²) in [7, 11) is 0. The first kappa shape index (κ1) is 13.2. The van der Waals surface area contributed by atoms with Crippen molar-refractivity contribution in [2.24, 2.45) is 0 Å². The molecule has 4 heteroatoms. The van der Waals surface area contributed by atoms with Crippen LogP contribution in [0.1, 0.15) is 51.0 Å². The molecule has 0 spiro atoms. The highest BCUT2D eigenvalue weighted by Gasteiger charge is 2.16. The van der Waals surface area contributed by atoms with E-state index < -0.39 is 0 Å². The highest BCUT2D eigenvalue weighted by molar-refractivity contribution is 5.61. The van der Waals surface area contributed by atoms with Crippen molar-refractivity contribution in [3.63, 3.8) is 0 Å². The number of pyridine rings is 1. The Morgan fingerprint density at radius 1 is 1.10 bits per heavy atom. The summed E-state index contributed by atoms with van der Waals surface area (Å²) in [5.41, 5.74) is 8.06. The van der Waals surface area contributed by atoms with E-state index in [1.165, 1.54) is 44.9 Å². The van der Waals surface area contributed by atoms with Crippen LogP contribution in [0.4, 0.5) is 5.82 Å². The Bertz CT molecular complexity index is 553. The van der Waals surface area contributed by atoms with Crippen LogP contribution in [-0.2, 0) is 0 Å². The zero-order valence-corrected chi connectivity index (χ0v) is 11.8. The Kier molecular flexibility index (Phi) is 4.00. The molecule has 2 aromatic rings. The number of nitrogens with zero attached hydrogens (tertiary/aromatic N) is 3. The molecule has 2 aromatic heterocycles. The minimum absolute atomic E-state index is 0.563. The summed E-state index contributed by atoms with van der Waals surface area (Å²) >= 11 is 0. The fourth-order valence-corrected chi connectivity index (χ4v) is 3.14. The number of imidazole rings is 1. The lowest BCUT2D eigenvalue weighted by Gasteiger charge is -2.23. The van der Waals surface area contributed by atoms with Gasteiger partial charge in [0.05, 0.1) is 18.2 Å². The van der Waals surface area contributed by atoms with Crippen molar-refractivity contribution in [1.29, 1.82) is 0 Å². The van der Waals surface area contributed by atoms with E-state index in [1.807, 2.05) is 24.7 Å². The zero-order chi connectivity index (χ0) is 13.8. The number of anilines is 1. The van der Waals surface area contributed by atoms with Crippen LogP contribution in [0.15, 0.2) is 30.9 Å². The van der Waals surface area contributed by atoms with Crippen molar-refractivity contribution in [3.8, 4) is 11.3 Å². The van der Waals surface area contributed by atoms with Crippen LogP contribution in [0.25, 0.3) is 11.3 Å². The van der Waals surface area contributed by atoms with Crippen LogP contribution >= 0.6 is 0 Å². The summed E-state index contributed by atoms with van der Waals surface area (Å²) < 4.78 is 2.33. The van der Waals surface area contributed by atoms with Gasteiger partial charge in [0.2, 0.25) is 0 Å². The molecule has 0 atom stereocenters. The lowest BCUT2D eigenvalue weighted by Crippen LogP contribution is -2.11. The molecule has 0 saturated heterocycles. The van der Waals surface area contributed by atoms with Crippen LogP contribution in [-0.4, -0.2) is 14.5 Å². The number of nitrogens with two attached hydrogens (primary N) is 1. The van der Waals surface area contributed by atoms with Crippen molar-refractivity contribution >= 4 is 5.82 Å². The minimum atomic E-state index is 0.563. The summed E-state index contributed by atoms with van der Waals surface area (Å²) in [5.74, 6) is 0.563. The summed E-state index contributed by atoms with van der Waals surface area (Å²) in [4.78, 5) is 8.43. The van der Waals surface area contributed by atoms with Gasteiger partial charge in [-0.3, -0.25) is 0 Å². The number of nitrogen functional groups attached to an aromatic ring is 1. The molecular weight excluding hydrogens is 248 g/mol. The largest absolute Gasteiger partial charge is 0.384 e. The molecule has 0 amide bonds. The van der Waals surface area contributed by atoms with Crippen molar-refractivity contribution in [2.75, 3.05) is 5.73 Å². The van der Waals surface area contributed by atoms with Crippen molar-refractivity contribution in [1.82, 2.24) is 14.5 Å². The minimum Gasteiger partial charge on any atom is -0.384 e. The quantitative estimate of drug-likeness (QED) is 0.902. The van der Waals surface area contributed by atoms with Gasteiger partial charge in [-0.05, 0) is 25.0 Å². The summed E-state index contributed by atoms with van der Waals surface area (Å²) in [5, 5.41) is 0. The lowest BCUT2D eigenvalue weighted by molar-refractivity contribution is 0.374. The van der Waals surface area contributed by atoms with E-state index in [0.29, 0.717) is 11.9 Å². The van der Waals surface area contributed by atoms with Gasteiger partial charge in [0.25, 0.3) is 0 Å². The highest BCUT2D eigenvalue weighted by atomic mass is 15.1. The third-order valence-electron chi connectivity index (χ3n) is 4.21. The van der Waals surface area contributed by atoms with Gasteiger partial charge in [-0.15, -0.1) is 0 Å². The summed E-state index contributed by atoms with van der Waals surface area (Å²) in [6.45, 7) is 0. The maximum atomic E-state index is 5.80. The van der Waals surface area contributed by atoms with E-state index >= 15 is 0 Å². The van der Waals surface area contributed by atoms with Gasteiger partial charge in [-0.25, -0.2) is 9.97 Å². The first-order chi connectivity index (χ1) is 9.84. The van der Waals surface area contributed by atoms with Gasteiger partial charge < -0.3 is 10.3 Å². The smallest absolute Gasteiger partial charge is 0.123 e. The number of aromatic nitrogens is 3. The van der Waals surface area contributed by atoms with Crippen molar-refractivity contribution in [3.05, 3.63) is 30.9 Å². The molecule has 2 N–H and O–H groups in total. The molecule has 0 unspecified atom stereocenters. The van der Waals surface area contributed by atoms with Crippen LogP contribution in [0.3, 0.4) is 0 Å². The molecule has 0 radical (unpaired) electrons. The van der Waals surface area contributed by atoms with Crippen molar-refractivity contribution < 1.29 is 0 Å². The molecule has 3 rings (SSSR count). The Labute approximate surface area is 120 Å². The second-order valence-corrected chi connectivity index (χ2v) is 5.65. The average molecular weight is 270 g/mol. The predicted molar refractivity (Wildman–Crippen MR) is 81.2 cm³/mol. The second-order valence-electron chi connectivity index (χ2n) is 5.65. The third-order valence-corrected chi connectivity index (χ3v) is 4.21. The SMILES string of the molecule is Nc1cc(-c2cncn2C2CCCCCCC2)ccn1. The van der Waals surface area contributed by atoms with E-state index in [0.717, 1.165) is 11.3 Å². The molecule has 1 aliphatic carbocycles. The number of hydrogen-bond donors (Lipinski definition) is 1. The van der Waals surface area contributed by atoms with Crippen LogP contribution in [0.5, 0.6) is 0 Å². The van der Waals surface area contributed by atoms with E-state index in [1.54, 1.807) is 6.20 Å². The maximum absolute atomic E-state index is 5.80. The van der Waals surface area contributed by atoms with Gasteiger partial charge in [0, 0.05) is 17.8 Å². The van der Waals surface area contributed by atoms with E-state index in [2.05, 4.69) is 14.5 Å². The molecule has 1 saturated carbocycles. The maximum Gasteiger partial charge on any atom is 0.123 e. The highest BCUT2D eigenvalue weighted by Crippen LogP contribution is 2.31. The normalized spacial score (nSPS) is 17.6. The zero-order valence-electron chi connectivity index (χ0n) is 11.8. The van der Waals surface area contributed by atoms with Crippen LogP contribution in [0.2, 0.25) is 0 Å². The fraction of sp³-hybridized carbons (Fsp3) is 0.500. The molecule has 1 fully saturated rings. The van der Waals surface area contributed by atoms with Crippen molar-refractivity contribution in [2.45, 2.75) is 51.0 Å². The Balaban J connectivity index is 1.88. The average Bonchev–Trinajstić information content (AvgIpc) is 2.87. The molecule has 20 heavy (non-hydrogen) atoms. The van der Waals surface area contributed by atoms with Gasteiger partial charge in [0.15, 0.2) is 0 Å². The molecule has 0 aromatic carbocycles. The lowest BCUT2D eigenvalue weighted by atomic mass is 9.96. The molecule has 0 aliphatic heterocycles. The Hall–Kier alpha value is -1.84. The monoisotopic (exact) mass is 270 g/mol. The molecule has 2 heterocycles.